The zero-order valence-electron chi connectivity index (χ0n) is 10.1. The molecule has 0 saturated heterocycles. The minimum absolute atomic E-state index is 0.0596. The van der Waals surface area contributed by atoms with E-state index >= 15 is 0 Å². The van der Waals surface area contributed by atoms with Gasteiger partial charge in [0, 0.05) is 11.1 Å². The van der Waals surface area contributed by atoms with Crippen molar-refractivity contribution in [1.82, 2.24) is 9.97 Å². The van der Waals surface area contributed by atoms with Gasteiger partial charge in [-0.2, -0.15) is 4.39 Å². The van der Waals surface area contributed by atoms with E-state index in [0.717, 1.165) is 25.0 Å². The molecule has 3 rings (SSSR count). The average Bonchev–Trinajstić information content (AvgIpc) is 2.81. The molecule has 0 fully saturated rings. The van der Waals surface area contributed by atoms with Crippen LogP contribution in [0.1, 0.15) is 33.8 Å². The largest absolute Gasteiger partial charge is 0.298 e. The van der Waals surface area contributed by atoms with Crippen LogP contribution in [-0.4, -0.2) is 15.9 Å². The third-order valence-corrected chi connectivity index (χ3v) is 4.14. The van der Waals surface area contributed by atoms with Gasteiger partial charge in [-0.3, -0.25) is 10.1 Å². The Morgan fingerprint density at radius 1 is 1.37 bits per heavy atom. The molecule has 98 valence electrons. The molecule has 0 saturated carbocycles. The van der Waals surface area contributed by atoms with Crippen LogP contribution in [0.25, 0.3) is 0 Å². The number of hydrogen-bond acceptors (Lipinski definition) is 4. The van der Waals surface area contributed by atoms with Gasteiger partial charge in [0.15, 0.2) is 5.13 Å². The van der Waals surface area contributed by atoms with E-state index in [2.05, 4.69) is 15.3 Å². The fraction of sp³-hybridized carbons (Fsp3) is 0.308. The molecule has 0 aliphatic heterocycles. The third kappa shape index (κ3) is 2.49. The minimum atomic E-state index is -0.763. The van der Waals surface area contributed by atoms with Crippen LogP contribution in [0, 0.1) is 5.95 Å². The number of amides is 1. The van der Waals surface area contributed by atoms with E-state index < -0.39 is 11.9 Å². The Hall–Kier alpha value is -1.82. The fourth-order valence-corrected chi connectivity index (χ4v) is 3.17. The van der Waals surface area contributed by atoms with Crippen LogP contribution in [0.4, 0.5) is 9.52 Å². The number of fused-ring (bicyclic) bond motifs is 1. The van der Waals surface area contributed by atoms with Crippen molar-refractivity contribution in [2.45, 2.75) is 25.7 Å². The Morgan fingerprint density at radius 2 is 2.21 bits per heavy atom. The second-order valence-corrected chi connectivity index (χ2v) is 5.48. The number of aryl methyl sites for hydroxylation is 2. The van der Waals surface area contributed by atoms with Gasteiger partial charge in [0.1, 0.15) is 0 Å². The molecule has 0 unspecified atom stereocenters. The zero-order valence-corrected chi connectivity index (χ0v) is 11.0. The molecule has 1 amide bonds. The molecule has 19 heavy (non-hydrogen) atoms. The molecule has 2 aromatic heterocycles. The maximum absolute atomic E-state index is 13.4. The van der Waals surface area contributed by atoms with Crippen LogP contribution < -0.4 is 5.32 Å². The van der Waals surface area contributed by atoms with E-state index in [1.807, 2.05) is 0 Å². The van der Waals surface area contributed by atoms with Crippen LogP contribution >= 0.6 is 11.3 Å². The summed E-state index contributed by atoms with van der Waals surface area (Å²) in [5.74, 6) is -1.27. The summed E-state index contributed by atoms with van der Waals surface area (Å²) in [4.78, 5) is 21.0. The maximum atomic E-state index is 13.4. The standard InChI is InChI=1S/C13H12FN3OS/c14-11-8(4-3-7-15-11)12(18)17-13-16-9-5-1-2-6-10(9)19-13/h3-4,7H,1-2,5-6H2,(H,16,17,18). The lowest BCUT2D eigenvalue weighted by atomic mass is 10.0. The Kier molecular flexibility index (Phi) is 3.25. The molecule has 2 aromatic rings. The van der Waals surface area contributed by atoms with Crippen molar-refractivity contribution in [2.75, 3.05) is 5.32 Å². The summed E-state index contributed by atoms with van der Waals surface area (Å²) in [7, 11) is 0. The summed E-state index contributed by atoms with van der Waals surface area (Å²) in [5.41, 5.74) is 1.01. The summed E-state index contributed by atoms with van der Waals surface area (Å²) in [5, 5.41) is 3.19. The van der Waals surface area contributed by atoms with Gasteiger partial charge in [-0.1, -0.05) is 0 Å². The SMILES string of the molecule is O=C(Nc1nc2c(s1)CCCC2)c1cccnc1F. The van der Waals surface area contributed by atoms with Gasteiger partial charge in [-0.15, -0.1) is 11.3 Å². The second-order valence-electron chi connectivity index (χ2n) is 4.39. The van der Waals surface area contributed by atoms with E-state index in [1.165, 1.54) is 41.0 Å². The highest BCUT2D eigenvalue weighted by atomic mass is 32.1. The predicted octanol–water partition coefficient (Wildman–Crippen LogP) is 2.81. The Labute approximate surface area is 113 Å². The highest BCUT2D eigenvalue weighted by molar-refractivity contribution is 7.15. The van der Waals surface area contributed by atoms with E-state index in [0.29, 0.717) is 5.13 Å². The van der Waals surface area contributed by atoms with Crippen molar-refractivity contribution in [3.05, 3.63) is 40.4 Å². The summed E-state index contributed by atoms with van der Waals surface area (Å²) >= 11 is 1.48. The molecular weight excluding hydrogens is 265 g/mol. The van der Waals surface area contributed by atoms with Crippen LogP contribution in [0.3, 0.4) is 0 Å². The summed E-state index contributed by atoms with van der Waals surface area (Å²) in [6.45, 7) is 0. The van der Waals surface area contributed by atoms with Gasteiger partial charge in [0.05, 0.1) is 11.3 Å². The molecule has 0 atom stereocenters. The van der Waals surface area contributed by atoms with E-state index in [-0.39, 0.29) is 5.56 Å². The minimum Gasteiger partial charge on any atom is -0.298 e. The van der Waals surface area contributed by atoms with E-state index in [1.54, 1.807) is 0 Å². The first-order valence-electron chi connectivity index (χ1n) is 6.14. The van der Waals surface area contributed by atoms with Crippen LogP contribution in [-0.2, 0) is 12.8 Å². The molecule has 4 nitrogen and oxygen atoms in total. The zero-order chi connectivity index (χ0) is 13.2. The number of hydrogen-bond donors (Lipinski definition) is 1. The Bertz CT molecular complexity index is 603. The molecule has 1 N–H and O–H groups in total. The van der Waals surface area contributed by atoms with Crippen LogP contribution in [0.5, 0.6) is 0 Å². The quantitative estimate of drug-likeness (QED) is 0.859. The molecule has 1 aliphatic carbocycles. The predicted molar refractivity (Wildman–Crippen MR) is 70.9 cm³/mol. The van der Waals surface area contributed by atoms with Gasteiger partial charge in [-0.05, 0) is 37.8 Å². The molecule has 1 aliphatic rings. The van der Waals surface area contributed by atoms with E-state index in [9.17, 15) is 9.18 Å². The monoisotopic (exact) mass is 277 g/mol. The lowest BCUT2D eigenvalue weighted by Gasteiger charge is -2.06. The summed E-state index contributed by atoms with van der Waals surface area (Å²) < 4.78 is 13.4. The smallest absolute Gasteiger partial charge is 0.262 e. The Morgan fingerprint density at radius 3 is 3.00 bits per heavy atom. The molecular formula is C13H12FN3OS. The van der Waals surface area contributed by atoms with Crippen molar-refractivity contribution < 1.29 is 9.18 Å². The number of carbonyl (C=O) groups is 1. The van der Waals surface area contributed by atoms with Crippen molar-refractivity contribution in [2.24, 2.45) is 0 Å². The highest BCUT2D eigenvalue weighted by Crippen LogP contribution is 2.29. The molecule has 6 heteroatoms. The summed E-state index contributed by atoms with van der Waals surface area (Å²) in [6.07, 6.45) is 5.60. The first kappa shape index (κ1) is 12.2. The van der Waals surface area contributed by atoms with Crippen molar-refractivity contribution in [3.63, 3.8) is 0 Å². The number of thiazole rings is 1. The number of nitrogens with one attached hydrogen (secondary N) is 1. The van der Waals surface area contributed by atoms with Gasteiger partial charge in [0.2, 0.25) is 5.95 Å². The van der Waals surface area contributed by atoms with Gasteiger partial charge < -0.3 is 0 Å². The number of aromatic nitrogens is 2. The van der Waals surface area contributed by atoms with Crippen LogP contribution in [0.2, 0.25) is 0 Å². The molecule has 0 spiro atoms. The van der Waals surface area contributed by atoms with Crippen molar-refractivity contribution >= 4 is 22.4 Å². The summed E-state index contributed by atoms with van der Waals surface area (Å²) in [6, 6.07) is 2.94. The third-order valence-electron chi connectivity index (χ3n) is 3.07. The number of pyridine rings is 1. The average molecular weight is 277 g/mol. The number of nitrogens with zero attached hydrogens (tertiary/aromatic N) is 2. The topological polar surface area (TPSA) is 54.9 Å². The van der Waals surface area contributed by atoms with E-state index in [4.69, 9.17) is 0 Å². The normalized spacial score (nSPS) is 13.9. The van der Waals surface area contributed by atoms with Crippen LogP contribution in [0.15, 0.2) is 18.3 Å². The lowest BCUT2D eigenvalue weighted by molar-refractivity contribution is 0.102. The van der Waals surface area contributed by atoms with Crippen molar-refractivity contribution in [1.29, 1.82) is 0 Å². The maximum Gasteiger partial charge on any atom is 0.262 e. The highest BCUT2D eigenvalue weighted by Gasteiger charge is 2.18. The molecule has 0 aromatic carbocycles. The first-order valence-corrected chi connectivity index (χ1v) is 6.96. The molecule has 0 bridgehead atoms. The number of carbonyl (C=O) groups excluding carboxylic acids is 1. The fourth-order valence-electron chi connectivity index (χ4n) is 2.13. The van der Waals surface area contributed by atoms with Gasteiger partial charge >= 0.3 is 0 Å². The van der Waals surface area contributed by atoms with Gasteiger partial charge in [-0.25, -0.2) is 9.97 Å². The second kappa shape index (κ2) is 5.05. The van der Waals surface area contributed by atoms with Crippen molar-refractivity contribution in [3.8, 4) is 0 Å². The number of halogens is 1. The Balaban J connectivity index is 1.80. The number of rotatable bonds is 2. The molecule has 2 heterocycles. The first-order chi connectivity index (χ1) is 9.24. The molecule has 0 radical (unpaired) electrons. The number of anilines is 1. The lowest BCUT2D eigenvalue weighted by Crippen LogP contribution is -2.14. The van der Waals surface area contributed by atoms with Gasteiger partial charge in [0.25, 0.3) is 5.91 Å².